The Morgan fingerprint density at radius 1 is 1.29 bits per heavy atom. The normalized spacial score (nSPS) is 19.9. The van der Waals surface area contributed by atoms with Crippen LogP contribution in [0.25, 0.3) is 0 Å². The molecule has 1 aromatic rings. The number of amides is 1. The highest BCUT2D eigenvalue weighted by molar-refractivity contribution is 5.76. The highest BCUT2D eigenvalue weighted by Gasteiger charge is 2.15. The van der Waals surface area contributed by atoms with E-state index in [1.54, 1.807) is 0 Å². The van der Waals surface area contributed by atoms with Crippen molar-refractivity contribution in [1.82, 2.24) is 5.32 Å². The van der Waals surface area contributed by atoms with Crippen LogP contribution in [0.15, 0.2) is 30.3 Å². The molecule has 1 N–H and O–H groups in total. The molecule has 0 aliphatic carbocycles. The van der Waals surface area contributed by atoms with Crippen LogP contribution < -0.4 is 5.32 Å². The summed E-state index contributed by atoms with van der Waals surface area (Å²) in [6.45, 7) is 0.767. The number of aryl methyl sites for hydroxylation is 1. The molecule has 3 nitrogen and oxygen atoms in total. The van der Waals surface area contributed by atoms with E-state index in [1.165, 1.54) is 5.56 Å². The summed E-state index contributed by atoms with van der Waals surface area (Å²) < 4.78 is 5.47. The van der Waals surface area contributed by atoms with Crippen molar-refractivity contribution in [1.29, 1.82) is 0 Å². The van der Waals surface area contributed by atoms with Gasteiger partial charge in [-0.1, -0.05) is 30.3 Å². The van der Waals surface area contributed by atoms with Gasteiger partial charge in [-0.25, -0.2) is 0 Å². The van der Waals surface area contributed by atoms with Crippen molar-refractivity contribution in [2.24, 2.45) is 0 Å². The van der Waals surface area contributed by atoms with E-state index in [4.69, 9.17) is 4.74 Å². The fourth-order valence-corrected chi connectivity index (χ4v) is 2.01. The zero-order valence-electron chi connectivity index (χ0n) is 10.0. The summed E-state index contributed by atoms with van der Waals surface area (Å²) in [7, 11) is 0. The van der Waals surface area contributed by atoms with Crippen LogP contribution in [0.4, 0.5) is 0 Å². The van der Waals surface area contributed by atoms with Gasteiger partial charge in [-0.15, -0.1) is 0 Å². The average molecular weight is 233 g/mol. The van der Waals surface area contributed by atoms with Crippen LogP contribution in [-0.2, 0) is 16.0 Å². The molecule has 1 aliphatic heterocycles. The highest BCUT2D eigenvalue weighted by Crippen LogP contribution is 2.10. The predicted molar refractivity (Wildman–Crippen MR) is 66.5 cm³/mol. The van der Waals surface area contributed by atoms with Crippen LogP contribution in [0, 0.1) is 0 Å². The monoisotopic (exact) mass is 233 g/mol. The minimum absolute atomic E-state index is 0.0629. The maximum Gasteiger partial charge on any atom is 0.222 e. The third-order valence-corrected chi connectivity index (χ3v) is 2.99. The fourth-order valence-electron chi connectivity index (χ4n) is 2.01. The van der Waals surface area contributed by atoms with Gasteiger partial charge in [0.1, 0.15) is 6.23 Å². The van der Waals surface area contributed by atoms with Crippen LogP contribution in [0.2, 0.25) is 0 Å². The van der Waals surface area contributed by atoms with E-state index in [0.717, 1.165) is 32.3 Å². The second-order valence-corrected chi connectivity index (χ2v) is 4.41. The standard InChI is InChI=1S/C14H19NO2/c16-13(15-14-8-4-5-11-17-14)10-9-12-6-2-1-3-7-12/h1-3,6-7,14H,4-5,8-11H2,(H,15,16). The van der Waals surface area contributed by atoms with Crippen molar-refractivity contribution in [2.75, 3.05) is 6.61 Å². The van der Waals surface area contributed by atoms with E-state index >= 15 is 0 Å². The smallest absolute Gasteiger partial charge is 0.222 e. The Bertz CT molecular complexity index is 344. The molecule has 1 aromatic carbocycles. The Labute approximate surface area is 102 Å². The number of benzene rings is 1. The summed E-state index contributed by atoms with van der Waals surface area (Å²) in [5.74, 6) is 0.0840. The molecule has 2 rings (SSSR count). The number of hydrogen-bond acceptors (Lipinski definition) is 2. The molecule has 1 fully saturated rings. The minimum Gasteiger partial charge on any atom is -0.359 e. The van der Waals surface area contributed by atoms with Gasteiger partial charge in [-0.2, -0.15) is 0 Å². The van der Waals surface area contributed by atoms with E-state index < -0.39 is 0 Å². The van der Waals surface area contributed by atoms with Crippen LogP contribution in [-0.4, -0.2) is 18.7 Å². The number of carbonyl (C=O) groups is 1. The molecule has 0 radical (unpaired) electrons. The van der Waals surface area contributed by atoms with Crippen molar-refractivity contribution in [2.45, 2.75) is 38.3 Å². The molecular formula is C14H19NO2. The Kier molecular flexibility index (Phi) is 4.56. The Hall–Kier alpha value is -1.35. The van der Waals surface area contributed by atoms with E-state index in [2.05, 4.69) is 5.32 Å². The third-order valence-electron chi connectivity index (χ3n) is 2.99. The molecule has 1 heterocycles. The first-order chi connectivity index (χ1) is 8.34. The Balaban J connectivity index is 1.70. The molecule has 92 valence electrons. The molecular weight excluding hydrogens is 214 g/mol. The number of nitrogens with one attached hydrogen (secondary N) is 1. The summed E-state index contributed by atoms with van der Waals surface area (Å²) in [5, 5.41) is 2.93. The topological polar surface area (TPSA) is 38.3 Å². The van der Waals surface area contributed by atoms with Crippen LogP contribution in [0.1, 0.15) is 31.2 Å². The van der Waals surface area contributed by atoms with E-state index in [0.29, 0.717) is 6.42 Å². The summed E-state index contributed by atoms with van der Waals surface area (Å²) >= 11 is 0. The predicted octanol–water partition coefficient (Wildman–Crippen LogP) is 2.26. The first-order valence-electron chi connectivity index (χ1n) is 6.29. The Morgan fingerprint density at radius 2 is 2.12 bits per heavy atom. The molecule has 0 aromatic heterocycles. The lowest BCUT2D eigenvalue weighted by atomic mass is 10.1. The molecule has 17 heavy (non-hydrogen) atoms. The molecule has 1 aliphatic rings. The van der Waals surface area contributed by atoms with Crippen molar-refractivity contribution in [3.05, 3.63) is 35.9 Å². The summed E-state index contributed by atoms with van der Waals surface area (Å²) in [6, 6.07) is 10.1. The highest BCUT2D eigenvalue weighted by atomic mass is 16.5. The van der Waals surface area contributed by atoms with Gasteiger partial charge in [0.05, 0.1) is 0 Å². The first-order valence-corrected chi connectivity index (χ1v) is 6.29. The summed E-state index contributed by atoms with van der Waals surface area (Å²) in [5.41, 5.74) is 1.20. The molecule has 1 amide bonds. The lowest BCUT2D eigenvalue weighted by Gasteiger charge is -2.23. The van der Waals surface area contributed by atoms with Gasteiger partial charge in [-0.3, -0.25) is 4.79 Å². The average Bonchev–Trinajstić information content (AvgIpc) is 2.39. The lowest BCUT2D eigenvalue weighted by Crippen LogP contribution is -2.39. The van der Waals surface area contributed by atoms with Gasteiger partial charge >= 0.3 is 0 Å². The lowest BCUT2D eigenvalue weighted by molar-refractivity contribution is -0.126. The molecule has 1 atom stereocenters. The van der Waals surface area contributed by atoms with Crippen molar-refractivity contribution < 1.29 is 9.53 Å². The van der Waals surface area contributed by atoms with E-state index in [-0.39, 0.29) is 12.1 Å². The second kappa shape index (κ2) is 6.40. The van der Waals surface area contributed by atoms with E-state index in [9.17, 15) is 4.79 Å². The van der Waals surface area contributed by atoms with E-state index in [1.807, 2.05) is 30.3 Å². The Morgan fingerprint density at radius 3 is 2.82 bits per heavy atom. The molecule has 3 heteroatoms. The SMILES string of the molecule is O=C(CCc1ccccc1)NC1CCCCO1. The summed E-state index contributed by atoms with van der Waals surface area (Å²) in [6.07, 6.45) is 4.45. The molecule has 1 unspecified atom stereocenters. The number of rotatable bonds is 4. The van der Waals surface area contributed by atoms with Gasteiger partial charge in [0, 0.05) is 13.0 Å². The van der Waals surface area contributed by atoms with Gasteiger partial charge < -0.3 is 10.1 Å². The van der Waals surface area contributed by atoms with Crippen LogP contribution >= 0.6 is 0 Å². The molecule has 0 spiro atoms. The van der Waals surface area contributed by atoms with Gasteiger partial charge in [0.2, 0.25) is 5.91 Å². The van der Waals surface area contributed by atoms with Crippen molar-refractivity contribution in [3.8, 4) is 0 Å². The number of carbonyl (C=O) groups excluding carboxylic acids is 1. The number of ether oxygens (including phenoxy) is 1. The third kappa shape index (κ3) is 4.19. The maximum absolute atomic E-state index is 11.7. The second-order valence-electron chi connectivity index (χ2n) is 4.41. The van der Waals surface area contributed by atoms with Crippen LogP contribution in [0.5, 0.6) is 0 Å². The van der Waals surface area contributed by atoms with Gasteiger partial charge in [0.15, 0.2) is 0 Å². The summed E-state index contributed by atoms with van der Waals surface area (Å²) in [4.78, 5) is 11.7. The van der Waals surface area contributed by atoms with Crippen LogP contribution in [0.3, 0.4) is 0 Å². The van der Waals surface area contributed by atoms with Crippen molar-refractivity contribution in [3.63, 3.8) is 0 Å². The van der Waals surface area contributed by atoms with Gasteiger partial charge in [0.25, 0.3) is 0 Å². The minimum atomic E-state index is -0.0629. The first kappa shape index (κ1) is 12.1. The number of hydrogen-bond donors (Lipinski definition) is 1. The zero-order valence-corrected chi connectivity index (χ0v) is 10.0. The maximum atomic E-state index is 11.7. The van der Waals surface area contributed by atoms with Gasteiger partial charge in [-0.05, 0) is 31.2 Å². The molecule has 0 saturated carbocycles. The quantitative estimate of drug-likeness (QED) is 0.866. The largest absolute Gasteiger partial charge is 0.359 e. The van der Waals surface area contributed by atoms with Crippen molar-refractivity contribution >= 4 is 5.91 Å². The molecule has 0 bridgehead atoms. The molecule has 1 saturated heterocycles. The fraction of sp³-hybridized carbons (Fsp3) is 0.500. The zero-order chi connectivity index (χ0) is 11.9.